The zero-order chi connectivity index (χ0) is 32.9. The minimum Gasteiger partial charge on any atom is -0.493 e. The quantitative estimate of drug-likeness (QED) is 0.265. The van der Waals surface area contributed by atoms with Gasteiger partial charge in [0.2, 0.25) is 27.7 Å². The molecule has 1 fully saturated rings. The first-order chi connectivity index (χ1) is 21.9. The van der Waals surface area contributed by atoms with Gasteiger partial charge in [0.25, 0.3) is 0 Å². The van der Waals surface area contributed by atoms with Gasteiger partial charge in [0.1, 0.15) is 17.6 Å². The number of halogens is 1. The SMILES string of the molecule is COc1ccc([C@@H]2c3sc(=O)n(CC(=O)Nc4ccc(S(N)(=O)=O)cc4)c3S[C@H]3C(=O)N(c4ccc(F)cc4)C(=O)[C@@H]23)cc1OC. The van der Waals surface area contributed by atoms with Crippen LogP contribution in [0, 0.1) is 11.7 Å². The molecule has 0 bridgehead atoms. The Morgan fingerprint density at radius 3 is 2.26 bits per heavy atom. The van der Waals surface area contributed by atoms with Crippen LogP contribution in [0.15, 0.2) is 81.4 Å². The molecule has 1 saturated heterocycles. The van der Waals surface area contributed by atoms with Crippen molar-refractivity contribution >= 4 is 62.2 Å². The number of amides is 3. The minimum atomic E-state index is -3.93. The Morgan fingerprint density at radius 1 is 0.957 bits per heavy atom. The number of carbonyl (C=O) groups is 3. The minimum absolute atomic E-state index is 0.133. The van der Waals surface area contributed by atoms with Gasteiger partial charge in [0.05, 0.1) is 35.7 Å². The number of aromatic nitrogens is 1. The monoisotopic (exact) mass is 684 g/mol. The van der Waals surface area contributed by atoms with Crippen LogP contribution in [0.4, 0.5) is 15.8 Å². The van der Waals surface area contributed by atoms with E-state index in [1.807, 2.05) is 0 Å². The van der Waals surface area contributed by atoms with Crippen molar-refractivity contribution in [2.75, 3.05) is 24.4 Å². The van der Waals surface area contributed by atoms with Crippen molar-refractivity contribution in [2.24, 2.45) is 11.1 Å². The van der Waals surface area contributed by atoms with E-state index in [-0.39, 0.29) is 16.3 Å². The number of thiazole rings is 1. The summed E-state index contributed by atoms with van der Waals surface area (Å²) in [6, 6.07) is 15.3. The van der Waals surface area contributed by atoms with Gasteiger partial charge in [-0.15, -0.1) is 0 Å². The Balaban J connectivity index is 1.40. The van der Waals surface area contributed by atoms with E-state index in [2.05, 4.69) is 5.32 Å². The van der Waals surface area contributed by atoms with E-state index < -0.39 is 62.1 Å². The van der Waals surface area contributed by atoms with E-state index >= 15 is 0 Å². The Kier molecular flexibility index (Phi) is 8.22. The molecule has 238 valence electrons. The molecule has 0 radical (unpaired) electrons. The van der Waals surface area contributed by atoms with Crippen LogP contribution in [0.1, 0.15) is 16.4 Å². The molecule has 1 aromatic heterocycles. The first kappa shape index (κ1) is 31.5. The number of imide groups is 1. The third-order valence-electron chi connectivity index (χ3n) is 7.67. The summed E-state index contributed by atoms with van der Waals surface area (Å²) < 4.78 is 48.9. The Labute approximate surface area is 270 Å². The number of methoxy groups -OCH3 is 2. The molecule has 12 nitrogen and oxygen atoms in total. The standard InChI is InChI=1S/C30H25FN4O8S3/c1-42-20-12-3-15(13-21(20)43-2)23-24-25(28(38)35(27(24)37)18-8-4-16(31)5-9-18)44-29-26(23)45-30(39)34(29)14-22(36)33-17-6-10-19(11-7-17)46(32,40)41/h3-13,23-25H,14H2,1-2H3,(H,33,36)(H2,32,40,41)/t23-,24-,25+/m0/s1. The molecule has 3 atom stereocenters. The van der Waals surface area contributed by atoms with Crippen molar-refractivity contribution < 1.29 is 36.7 Å². The molecule has 0 aliphatic carbocycles. The van der Waals surface area contributed by atoms with Gasteiger partial charge < -0.3 is 14.8 Å². The number of sulfonamides is 1. The molecule has 3 aromatic carbocycles. The molecule has 46 heavy (non-hydrogen) atoms. The number of nitrogens with zero attached hydrogens (tertiary/aromatic N) is 2. The number of fused-ring (bicyclic) bond motifs is 2. The number of ether oxygens (including phenoxy) is 2. The number of nitrogens with two attached hydrogens (primary N) is 1. The molecule has 16 heteroatoms. The lowest BCUT2D eigenvalue weighted by molar-refractivity contribution is -0.122. The normalized spacial score (nSPS) is 19.0. The maximum absolute atomic E-state index is 14.0. The average Bonchev–Trinajstić information content (AvgIpc) is 3.47. The van der Waals surface area contributed by atoms with Gasteiger partial charge in [-0.2, -0.15) is 0 Å². The van der Waals surface area contributed by atoms with Crippen LogP contribution in [0.2, 0.25) is 0 Å². The van der Waals surface area contributed by atoms with Gasteiger partial charge in [-0.05, 0) is 66.2 Å². The third kappa shape index (κ3) is 5.57. The lowest BCUT2D eigenvalue weighted by Gasteiger charge is -2.31. The number of rotatable bonds is 8. The largest absolute Gasteiger partial charge is 0.493 e. The van der Waals surface area contributed by atoms with Gasteiger partial charge >= 0.3 is 4.87 Å². The fourth-order valence-corrected chi connectivity index (χ4v) is 8.87. The topological polar surface area (TPSA) is 167 Å². The number of benzene rings is 3. The van der Waals surface area contributed by atoms with Crippen molar-refractivity contribution in [1.82, 2.24) is 4.57 Å². The molecule has 6 rings (SSSR count). The van der Waals surface area contributed by atoms with Crippen LogP contribution in [0.3, 0.4) is 0 Å². The predicted molar refractivity (Wildman–Crippen MR) is 168 cm³/mol. The van der Waals surface area contributed by atoms with Crippen molar-refractivity contribution in [3.8, 4) is 11.5 Å². The van der Waals surface area contributed by atoms with E-state index in [4.69, 9.17) is 14.6 Å². The van der Waals surface area contributed by atoms with Crippen LogP contribution in [-0.4, -0.2) is 50.2 Å². The first-order valence-electron chi connectivity index (χ1n) is 13.6. The van der Waals surface area contributed by atoms with Gasteiger partial charge in [0.15, 0.2) is 11.5 Å². The summed E-state index contributed by atoms with van der Waals surface area (Å²) in [7, 11) is -0.985. The third-order valence-corrected chi connectivity index (χ3v) is 11.2. The molecule has 2 aliphatic rings. The number of nitrogens with one attached hydrogen (secondary N) is 1. The molecular weight excluding hydrogens is 660 g/mol. The molecule has 0 unspecified atom stereocenters. The van der Waals surface area contributed by atoms with Crippen molar-refractivity contribution in [1.29, 1.82) is 0 Å². The zero-order valence-corrected chi connectivity index (χ0v) is 26.6. The number of hydrogen-bond acceptors (Lipinski definition) is 10. The number of anilines is 2. The zero-order valence-electron chi connectivity index (χ0n) is 24.1. The summed E-state index contributed by atoms with van der Waals surface area (Å²) in [4.78, 5) is 55.3. The maximum Gasteiger partial charge on any atom is 0.308 e. The number of primary sulfonamides is 1. The first-order valence-corrected chi connectivity index (χ1v) is 16.8. The summed E-state index contributed by atoms with van der Waals surface area (Å²) in [5.41, 5.74) is 1.08. The van der Waals surface area contributed by atoms with Crippen molar-refractivity contribution in [2.45, 2.75) is 27.6 Å². The van der Waals surface area contributed by atoms with E-state index in [9.17, 15) is 32.0 Å². The average molecular weight is 685 g/mol. The van der Waals surface area contributed by atoms with Gasteiger partial charge in [-0.3, -0.25) is 23.7 Å². The highest BCUT2D eigenvalue weighted by Crippen LogP contribution is 2.54. The number of thioether (sulfide) groups is 1. The predicted octanol–water partition coefficient (Wildman–Crippen LogP) is 3.15. The Hall–Kier alpha value is -4.51. The Bertz CT molecular complexity index is 2050. The second kappa shape index (κ2) is 12.0. The fraction of sp³-hybridized carbons (Fsp3) is 0.200. The molecule has 0 spiro atoms. The molecule has 0 saturated carbocycles. The highest BCUT2D eigenvalue weighted by Gasteiger charge is 2.57. The van der Waals surface area contributed by atoms with E-state index in [0.29, 0.717) is 27.0 Å². The summed E-state index contributed by atoms with van der Waals surface area (Å²) in [5, 5.41) is 7.16. The summed E-state index contributed by atoms with van der Waals surface area (Å²) in [6.07, 6.45) is 0. The second-order valence-electron chi connectivity index (χ2n) is 10.4. The molecule has 3 heterocycles. The maximum atomic E-state index is 14.0. The molecular formula is C30H25FN4O8S3. The summed E-state index contributed by atoms with van der Waals surface area (Å²) in [6.45, 7) is -0.422. The van der Waals surface area contributed by atoms with E-state index in [1.165, 1.54) is 55.2 Å². The van der Waals surface area contributed by atoms with E-state index in [1.54, 1.807) is 18.2 Å². The van der Waals surface area contributed by atoms with Crippen molar-refractivity contribution in [3.05, 3.63) is 92.7 Å². The summed E-state index contributed by atoms with van der Waals surface area (Å²) >= 11 is 1.90. The van der Waals surface area contributed by atoms with Crippen LogP contribution in [-0.2, 0) is 31.0 Å². The van der Waals surface area contributed by atoms with Crippen LogP contribution < -0.4 is 29.7 Å². The number of carbonyl (C=O) groups excluding carboxylic acids is 3. The van der Waals surface area contributed by atoms with Gasteiger partial charge in [0, 0.05) is 16.5 Å². The van der Waals surface area contributed by atoms with Gasteiger partial charge in [-0.1, -0.05) is 29.2 Å². The molecule has 4 aromatic rings. The number of hydrogen-bond donors (Lipinski definition) is 2. The second-order valence-corrected chi connectivity index (χ2v) is 14.1. The fourth-order valence-electron chi connectivity index (χ4n) is 5.58. The van der Waals surface area contributed by atoms with Crippen LogP contribution >= 0.6 is 23.1 Å². The molecule has 3 amide bonds. The van der Waals surface area contributed by atoms with Gasteiger partial charge in [-0.25, -0.2) is 22.8 Å². The highest BCUT2D eigenvalue weighted by molar-refractivity contribution is 8.00. The molecule has 2 aliphatic heterocycles. The molecule has 3 N–H and O–H groups in total. The van der Waals surface area contributed by atoms with Crippen molar-refractivity contribution in [3.63, 3.8) is 0 Å². The summed E-state index contributed by atoms with van der Waals surface area (Å²) in [5.74, 6) is -3.03. The van der Waals surface area contributed by atoms with E-state index in [0.717, 1.165) is 40.1 Å². The Morgan fingerprint density at radius 2 is 1.63 bits per heavy atom. The smallest absolute Gasteiger partial charge is 0.308 e. The van der Waals surface area contributed by atoms with Crippen LogP contribution in [0.25, 0.3) is 0 Å². The lowest BCUT2D eigenvalue weighted by Crippen LogP contribution is -2.33. The highest BCUT2D eigenvalue weighted by atomic mass is 32.2. The van der Waals surface area contributed by atoms with Crippen LogP contribution in [0.5, 0.6) is 11.5 Å². The lowest BCUT2D eigenvalue weighted by atomic mass is 9.83.